The molecule has 5 heteroatoms. The molecule has 0 aliphatic carbocycles. The van der Waals surface area contributed by atoms with Crippen LogP contribution in [-0.2, 0) is 13.0 Å². The van der Waals surface area contributed by atoms with E-state index in [-0.39, 0.29) is 0 Å². The van der Waals surface area contributed by atoms with E-state index >= 15 is 0 Å². The molecule has 0 unspecified atom stereocenters. The number of nitrogens with zero attached hydrogens (tertiary/aromatic N) is 3. The molecule has 4 aromatic rings. The zero-order chi connectivity index (χ0) is 18.1. The predicted octanol–water partition coefficient (Wildman–Crippen LogP) is 4.13. The zero-order valence-electron chi connectivity index (χ0n) is 15.1. The number of hydrogen-bond donors (Lipinski definition) is 1. The summed E-state index contributed by atoms with van der Waals surface area (Å²) in [6, 6.07) is 18.7. The monoisotopic (exact) mass is 358 g/mol. The lowest BCUT2D eigenvalue weighted by molar-refractivity contribution is 0.319. The van der Waals surface area contributed by atoms with E-state index in [2.05, 4.69) is 62.7 Å². The van der Waals surface area contributed by atoms with Gasteiger partial charge in [0.25, 0.3) is 0 Å². The fraction of sp³-hybridized carbons (Fsp3) is 0.273. The van der Waals surface area contributed by atoms with Crippen LogP contribution in [0, 0.1) is 0 Å². The Morgan fingerprint density at radius 1 is 1.04 bits per heavy atom. The zero-order valence-corrected chi connectivity index (χ0v) is 15.1. The van der Waals surface area contributed by atoms with Crippen LogP contribution in [0.3, 0.4) is 0 Å². The van der Waals surface area contributed by atoms with Crippen LogP contribution in [0.1, 0.15) is 35.2 Å². The van der Waals surface area contributed by atoms with Crippen molar-refractivity contribution in [3.8, 4) is 0 Å². The van der Waals surface area contributed by atoms with Crippen molar-refractivity contribution in [3.05, 3.63) is 83.7 Å². The number of fused-ring (bicyclic) bond motifs is 1. The van der Waals surface area contributed by atoms with Gasteiger partial charge in [-0.1, -0.05) is 48.5 Å². The first-order valence-electron chi connectivity index (χ1n) is 9.49. The minimum atomic E-state index is 0.326. The average Bonchev–Trinajstić information content (AvgIpc) is 3.44. The summed E-state index contributed by atoms with van der Waals surface area (Å²) in [5.41, 5.74) is 3.74. The van der Waals surface area contributed by atoms with Crippen molar-refractivity contribution in [2.45, 2.75) is 25.3 Å². The molecule has 2 aromatic heterocycles. The quantitative estimate of drug-likeness (QED) is 0.583. The van der Waals surface area contributed by atoms with Crippen LogP contribution in [0.25, 0.3) is 10.9 Å². The lowest BCUT2D eigenvalue weighted by Crippen LogP contribution is -2.19. The van der Waals surface area contributed by atoms with E-state index in [1.54, 1.807) is 0 Å². The minimum Gasteiger partial charge on any atom is -0.425 e. The van der Waals surface area contributed by atoms with Crippen LogP contribution in [-0.4, -0.2) is 33.2 Å². The van der Waals surface area contributed by atoms with E-state index in [1.807, 2.05) is 18.2 Å². The largest absolute Gasteiger partial charge is 0.425 e. The average molecular weight is 358 g/mol. The first-order chi connectivity index (χ1) is 13.3. The highest BCUT2D eigenvalue weighted by molar-refractivity contribution is 5.82. The van der Waals surface area contributed by atoms with Crippen LogP contribution >= 0.6 is 0 Å². The van der Waals surface area contributed by atoms with Gasteiger partial charge in [-0.2, -0.15) is 0 Å². The van der Waals surface area contributed by atoms with Crippen LogP contribution < -0.4 is 0 Å². The molecule has 2 aromatic carbocycles. The molecule has 1 saturated heterocycles. The standard InChI is InChI=1S/C22H22N4O/c1-2-6-16(7-3-1)12-21-24-25-22(27-21)17-10-11-26(14-17)15-18-13-23-20-9-5-4-8-19(18)20/h1-9,13,17,23H,10-12,14-15H2/t17-/m0/s1. The maximum Gasteiger partial charge on any atom is 0.220 e. The number of H-pyrrole nitrogens is 1. The Bertz CT molecular complexity index is 1040. The SMILES string of the molecule is c1ccc(Cc2nnc([C@H]3CCN(Cc4c[nH]c5ccccc45)C3)o2)cc1. The second-order valence-corrected chi connectivity index (χ2v) is 7.28. The fourth-order valence-corrected chi connectivity index (χ4v) is 3.95. The Morgan fingerprint density at radius 2 is 1.89 bits per heavy atom. The molecule has 0 saturated carbocycles. The summed E-state index contributed by atoms with van der Waals surface area (Å²) in [6.07, 6.45) is 3.89. The molecule has 0 amide bonds. The van der Waals surface area contributed by atoms with Crippen molar-refractivity contribution in [2.24, 2.45) is 0 Å². The molecular formula is C22H22N4O. The molecule has 1 fully saturated rings. The van der Waals surface area contributed by atoms with Crippen LogP contribution in [0.4, 0.5) is 0 Å². The summed E-state index contributed by atoms with van der Waals surface area (Å²) in [5.74, 6) is 1.81. The molecular weight excluding hydrogens is 336 g/mol. The predicted molar refractivity (Wildman–Crippen MR) is 104 cm³/mol. The number of aromatic amines is 1. The van der Waals surface area contributed by atoms with Gasteiger partial charge in [0, 0.05) is 30.2 Å². The number of likely N-dealkylation sites (tertiary alicyclic amines) is 1. The van der Waals surface area contributed by atoms with Crippen LogP contribution in [0.15, 0.2) is 65.2 Å². The van der Waals surface area contributed by atoms with Gasteiger partial charge in [0.2, 0.25) is 11.8 Å². The Morgan fingerprint density at radius 3 is 2.81 bits per heavy atom. The Kier molecular flexibility index (Phi) is 4.22. The Labute approximate surface area is 158 Å². The van der Waals surface area contributed by atoms with Crippen molar-refractivity contribution in [2.75, 3.05) is 13.1 Å². The Balaban J connectivity index is 1.24. The highest BCUT2D eigenvalue weighted by atomic mass is 16.4. The van der Waals surface area contributed by atoms with Gasteiger partial charge in [-0.05, 0) is 30.2 Å². The third kappa shape index (κ3) is 3.38. The van der Waals surface area contributed by atoms with Gasteiger partial charge in [-0.15, -0.1) is 10.2 Å². The molecule has 27 heavy (non-hydrogen) atoms. The summed E-state index contributed by atoms with van der Waals surface area (Å²) < 4.78 is 5.97. The smallest absolute Gasteiger partial charge is 0.220 e. The topological polar surface area (TPSA) is 58.0 Å². The van der Waals surface area contributed by atoms with Crippen LogP contribution in [0.2, 0.25) is 0 Å². The van der Waals surface area contributed by atoms with Gasteiger partial charge in [-0.3, -0.25) is 4.90 Å². The number of rotatable bonds is 5. The van der Waals surface area contributed by atoms with Crippen molar-refractivity contribution in [1.29, 1.82) is 0 Å². The number of nitrogens with one attached hydrogen (secondary N) is 1. The molecule has 0 bridgehead atoms. The van der Waals surface area contributed by atoms with E-state index in [0.717, 1.165) is 31.9 Å². The van der Waals surface area contributed by atoms with Gasteiger partial charge < -0.3 is 9.40 Å². The third-order valence-electron chi connectivity index (χ3n) is 5.37. The second kappa shape index (κ2) is 7.00. The highest BCUT2D eigenvalue weighted by Gasteiger charge is 2.28. The van der Waals surface area contributed by atoms with Gasteiger partial charge >= 0.3 is 0 Å². The molecule has 5 rings (SSSR count). The lowest BCUT2D eigenvalue weighted by Gasteiger charge is -2.14. The van der Waals surface area contributed by atoms with Crippen molar-refractivity contribution < 1.29 is 4.42 Å². The Hall–Kier alpha value is -2.92. The molecule has 1 N–H and O–H groups in total. The van der Waals surface area contributed by atoms with Crippen molar-refractivity contribution in [3.63, 3.8) is 0 Å². The number of para-hydroxylation sites is 1. The van der Waals surface area contributed by atoms with E-state index in [1.165, 1.54) is 22.0 Å². The third-order valence-corrected chi connectivity index (χ3v) is 5.37. The van der Waals surface area contributed by atoms with E-state index in [0.29, 0.717) is 18.2 Å². The fourth-order valence-electron chi connectivity index (χ4n) is 3.95. The van der Waals surface area contributed by atoms with Gasteiger partial charge in [0.15, 0.2) is 0 Å². The molecule has 136 valence electrons. The van der Waals surface area contributed by atoms with Gasteiger partial charge in [0.1, 0.15) is 0 Å². The number of aromatic nitrogens is 3. The molecule has 1 aliphatic rings. The first-order valence-corrected chi connectivity index (χ1v) is 9.49. The normalized spacial score (nSPS) is 17.7. The molecule has 1 atom stereocenters. The molecule has 5 nitrogen and oxygen atoms in total. The molecule has 0 spiro atoms. The number of benzene rings is 2. The molecule has 0 radical (unpaired) electrons. The van der Waals surface area contributed by atoms with Crippen molar-refractivity contribution in [1.82, 2.24) is 20.1 Å². The maximum atomic E-state index is 5.97. The summed E-state index contributed by atoms with van der Waals surface area (Å²) in [4.78, 5) is 5.84. The highest BCUT2D eigenvalue weighted by Crippen LogP contribution is 2.29. The molecule has 1 aliphatic heterocycles. The lowest BCUT2D eigenvalue weighted by atomic mass is 10.1. The van der Waals surface area contributed by atoms with Crippen LogP contribution in [0.5, 0.6) is 0 Å². The second-order valence-electron chi connectivity index (χ2n) is 7.28. The van der Waals surface area contributed by atoms with Gasteiger partial charge in [-0.25, -0.2) is 0 Å². The van der Waals surface area contributed by atoms with Gasteiger partial charge in [0.05, 0.1) is 12.3 Å². The van der Waals surface area contributed by atoms with E-state index in [9.17, 15) is 0 Å². The van der Waals surface area contributed by atoms with E-state index in [4.69, 9.17) is 4.42 Å². The summed E-state index contributed by atoms with van der Waals surface area (Å²) in [5, 5.41) is 9.89. The van der Waals surface area contributed by atoms with Crippen molar-refractivity contribution >= 4 is 10.9 Å². The molecule has 3 heterocycles. The maximum absolute atomic E-state index is 5.97. The summed E-state index contributed by atoms with van der Waals surface area (Å²) >= 11 is 0. The summed E-state index contributed by atoms with van der Waals surface area (Å²) in [7, 11) is 0. The minimum absolute atomic E-state index is 0.326. The summed E-state index contributed by atoms with van der Waals surface area (Å²) in [6.45, 7) is 2.97. The van der Waals surface area contributed by atoms with E-state index < -0.39 is 0 Å². The number of hydrogen-bond acceptors (Lipinski definition) is 4. The first kappa shape index (κ1) is 16.3.